The summed E-state index contributed by atoms with van der Waals surface area (Å²) in [5.74, 6) is 1.12. The van der Waals surface area contributed by atoms with Crippen LogP contribution in [0.15, 0.2) is 36.4 Å². The molecule has 0 radical (unpaired) electrons. The lowest BCUT2D eigenvalue weighted by Crippen LogP contribution is -2.36. The zero-order valence-electron chi connectivity index (χ0n) is 16.8. The molecule has 28 heavy (non-hydrogen) atoms. The normalized spacial score (nSPS) is 14.5. The van der Waals surface area contributed by atoms with Gasteiger partial charge in [-0.15, -0.1) is 0 Å². The number of morpholine rings is 1. The molecular formula is C22H28N2O4. The molecule has 1 aliphatic heterocycles. The molecule has 0 saturated carbocycles. The van der Waals surface area contributed by atoms with Crippen molar-refractivity contribution in [1.82, 2.24) is 10.2 Å². The van der Waals surface area contributed by atoms with Crippen LogP contribution in [0.3, 0.4) is 0 Å². The molecule has 6 heteroatoms. The lowest BCUT2D eigenvalue weighted by Gasteiger charge is -2.27. The van der Waals surface area contributed by atoms with Crippen LogP contribution >= 0.6 is 0 Å². The van der Waals surface area contributed by atoms with E-state index in [1.165, 1.54) is 5.56 Å². The number of carbonyl (C=O) groups excluding carboxylic acids is 1. The van der Waals surface area contributed by atoms with Gasteiger partial charge in [-0.2, -0.15) is 0 Å². The maximum atomic E-state index is 12.7. The highest BCUT2D eigenvalue weighted by Crippen LogP contribution is 2.29. The van der Waals surface area contributed by atoms with Crippen molar-refractivity contribution < 1.29 is 19.0 Å². The third kappa shape index (κ3) is 4.82. The number of ether oxygens (including phenoxy) is 3. The first kappa shape index (κ1) is 20.2. The molecule has 2 aromatic carbocycles. The molecule has 6 nitrogen and oxygen atoms in total. The third-order valence-electron chi connectivity index (χ3n) is 5.07. The molecule has 0 atom stereocenters. The van der Waals surface area contributed by atoms with Crippen LogP contribution in [0, 0.1) is 6.92 Å². The SMILES string of the molecule is COc1cc(C(=O)NCc2ccccc2CN2CCOCC2)cc(OC)c1C. The molecule has 1 aliphatic rings. The predicted octanol–water partition coefficient (Wildman–Crippen LogP) is 2.77. The summed E-state index contributed by atoms with van der Waals surface area (Å²) >= 11 is 0. The van der Waals surface area contributed by atoms with E-state index >= 15 is 0 Å². The lowest BCUT2D eigenvalue weighted by atomic mass is 10.1. The van der Waals surface area contributed by atoms with Crippen molar-refractivity contribution in [3.63, 3.8) is 0 Å². The average Bonchev–Trinajstić information content (AvgIpc) is 2.73. The van der Waals surface area contributed by atoms with Crippen LogP contribution in [0.2, 0.25) is 0 Å². The van der Waals surface area contributed by atoms with Crippen LogP contribution in [-0.2, 0) is 17.8 Å². The van der Waals surface area contributed by atoms with Crippen LogP contribution in [0.5, 0.6) is 11.5 Å². The van der Waals surface area contributed by atoms with Crippen molar-refractivity contribution in [2.75, 3.05) is 40.5 Å². The van der Waals surface area contributed by atoms with Gasteiger partial charge in [-0.25, -0.2) is 0 Å². The van der Waals surface area contributed by atoms with Gasteiger partial charge in [0.05, 0.1) is 27.4 Å². The summed E-state index contributed by atoms with van der Waals surface area (Å²) in [4.78, 5) is 15.1. The summed E-state index contributed by atoms with van der Waals surface area (Å²) in [6.45, 7) is 6.65. The minimum absolute atomic E-state index is 0.155. The van der Waals surface area contributed by atoms with E-state index in [0.717, 1.165) is 44.0 Å². The Morgan fingerprint density at radius 3 is 2.29 bits per heavy atom. The molecule has 150 valence electrons. The second kappa shape index (κ2) is 9.57. The number of carbonyl (C=O) groups is 1. The van der Waals surface area contributed by atoms with Crippen LogP contribution in [-0.4, -0.2) is 51.3 Å². The van der Waals surface area contributed by atoms with Crippen molar-refractivity contribution in [3.05, 3.63) is 58.7 Å². The van der Waals surface area contributed by atoms with Crippen molar-refractivity contribution in [2.45, 2.75) is 20.0 Å². The number of benzene rings is 2. The Morgan fingerprint density at radius 1 is 1.07 bits per heavy atom. The molecule has 0 aliphatic carbocycles. The van der Waals surface area contributed by atoms with Gasteiger partial charge >= 0.3 is 0 Å². The first-order valence-corrected chi connectivity index (χ1v) is 9.50. The Morgan fingerprint density at radius 2 is 1.68 bits per heavy atom. The second-order valence-corrected chi connectivity index (χ2v) is 6.85. The summed E-state index contributed by atoms with van der Waals surface area (Å²) in [5.41, 5.74) is 3.74. The highest BCUT2D eigenvalue weighted by molar-refractivity contribution is 5.95. The van der Waals surface area contributed by atoms with Crippen molar-refractivity contribution in [3.8, 4) is 11.5 Å². The van der Waals surface area contributed by atoms with Gasteiger partial charge in [-0.3, -0.25) is 9.69 Å². The monoisotopic (exact) mass is 384 g/mol. The highest BCUT2D eigenvalue weighted by Gasteiger charge is 2.15. The zero-order valence-corrected chi connectivity index (χ0v) is 16.8. The van der Waals surface area contributed by atoms with E-state index in [-0.39, 0.29) is 5.91 Å². The summed E-state index contributed by atoms with van der Waals surface area (Å²) in [7, 11) is 3.18. The van der Waals surface area contributed by atoms with Crippen LogP contribution in [0.25, 0.3) is 0 Å². The van der Waals surface area contributed by atoms with Gasteiger partial charge in [0.1, 0.15) is 11.5 Å². The Kier molecular flexibility index (Phi) is 6.90. The van der Waals surface area contributed by atoms with Crippen molar-refractivity contribution in [2.24, 2.45) is 0 Å². The zero-order chi connectivity index (χ0) is 19.9. The van der Waals surface area contributed by atoms with Gasteiger partial charge in [0.2, 0.25) is 0 Å². The fourth-order valence-corrected chi connectivity index (χ4v) is 3.38. The Hall–Kier alpha value is -2.57. The van der Waals surface area contributed by atoms with E-state index in [2.05, 4.69) is 22.3 Å². The molecule has 2 aromatic rings. The predicted molar refractivity (Wildman–Crippen MR) is 108 cm³/mol. The Bertz CT molecular complexity index is 791. The molecule has 1 saturated heterocycles. The third-order valence-corrected chi connectivity index (χ3v) is 5.07. The van der Waals surface area contributed by atoms with Crippen molar-refractivity contribution >= 4 is 5.91 Å². The molecule has 1 heterocycles. The number of hydrogen-bond donors (Lipinski definition) is 1. The standard InChI is InChI=1S/C22H28N2O4/c1-16-20(26-2)12-19(13-21(16)27-3)22(25)23-14-17-6-4-5-7-18(17)15-24-8-10-28-11-9-24/h4-7,12-13H,8-11,14-15H2,1-3H3,(H,23,25). The maximum Gasteiger partial charge on any atom is 0.251 e. The highest BCUT2D eigenvalue weighted by atomic mass is 16.5. The molecule has 1 amide bonds. The second-order valence-electron chi connectivity index (χ2n) is 6.85. The molecule has 1 fully saturated rings. The molecule has 0 aromatic heterocycles. The van der Waals surface area contributed by atoms with Gasteiger partial charge in [-0.1, -0.05) is 24.3 Å². The van der Waals surface area contributed by atoms with E-state index in [9.17, 15) is 4.79 Å². The number of hydrogen-bond acceptors (Lipinski definition) is 5. The molecule has 0 bridgehead atoms. The lowest BCUT2D eigenvalue weighted by molar-refractivity contribution is 0.0340. The van der Waals surface area contributed by atoms with Gasteiger partial charge in [0.15, 0.2) is 0 Å². The van der Waals surface area contributed by atoms with Crippen LogP contribution in [0.1, 0.15) is 27.0 Å². The number of nitrogens with zero attached hydrogens (tertiary/aromatic N) is 1. The summed E-state index contributed by atoms with van der Waals surface area (Å²) < 4.78 is 16.2. The largest absolute Gasteiger partial charge is 0.496 e. The summed E-state index contributed by atoms with van der Waals surface area (Å²) in [6.07, 6.45) is 0. The molecule has 0 spiro atoms. The van der Waals surface area contributed by atoms with Gasteiger partial charge in [0.25, 0.3) is 5.91 Å². The topological polar surface area (TPSA) is 60.0 Å². The van der Waals surface area contributed by atoms with Gasteiger partial charge in [-0.05, 0) is 30.2 Å². The minimum atomic E-state index is -0.155. The molecule has 0 unspecified atom stereocenters. The number of amides is 1. The van der Waals surface area contributed by atoms with Crippen LogP contribution < -0.4 is 14.8 Å². The maximum absolute atomic E-state index is 12.7. The van der Waals surface area contributed by atoms with Crippen LogP contribution in [0.4, 0.5) is 0 Å². The molecule has 3 rings (SSSR count). The van der Waals surface area contributed by atoms with E-state index < -0.39 is 0 Å². The first-order valence-electron chi connectivity index (χ1n) is 9.50. The average molecular weight is 384 g/mol. The van der Waals surface area contributed by atoms with E-state index in [4.69, 9.17) is 14.2 Å². The smallest absolute Gasteiger partial charge is 0.251 e. The first-order chi connectivity index (χ1) is 13.6. The van der Waals surface area contributed by atoms with Gasteiger partial charge < -0.3 is 19.5 Å². The Balaban J connectivity index is 1.69. The number of methoxy groups -OCH3 is 2. The Labute approximate surface area is 166 Å². The van der Waals surface area contributed by atoms with Crippen molar-refractivity contribution in [1.29, 1.82) is 0 Å². The number of rotatable bonds is 7. The van der Waals surface area contributed by atoms with E-state index in [1.807, 2.05) is 19.1 Å². The summed E-state index contributed by atoms with van der Waals surface area (Å²) in [5, 5.41) is 3.02. The van der Waals surface area contributed by atoms with Gasteiger partial charge in [0, 0.05) is 37.3 Å². The van der Waals surface area contributed by atoms with E-state index in [1.54, 1.807) is 26.4 Å². The quantitative estimate of drug-likeness (QED) is 0.795. The van der Waals surface area contributed by atoms with E-state index in [0.29, 0.717) is 23.6 Å². The fourth-order valence-electron chi connectivity index (χ4n) is 3.38. The fraction of sp³-hybridized carbons (Fsp3) is 0.409. The minimum Gasteiger partial charge on any atom is -0.496 e. The molecular weight excluding hydrogens is 356 g/mol. The summed E-state index contributed by atoms with van der Waals surface area (Å²) in [6, 6.07) is 11.7. The number of nitrogens with one attached hydrogen (secondary N) is 1. The molecule has 1 N–H and O–H groups in total.